The SMILES string of the molecule is COc1ccc(CN=Cc2cccn2-c2ccccc2)cc1. The Balaban J connectivity index is 1.72. The molecule has 0 bridgehead atoms. The van der Waals surface area contributed by atoms with E-state index in [0.29, 0.717) is 6.54 Å². The zero-order chi connectivity index (χ0) is 15.2. The van der Waals surface area contributed by atoms with Gasteiger partial charge in [-0.1, -0.05) is 30.3 Å². The number of para-hydroxylation sites is 1. The van der Waals surface area contributed by atoms with Gasteiger partial charge in [0.1, 0.15) is 5.75 Å². The Kier molecular flexibility index (Phi) is 4.35. The molecule has 1 heterocycles. The van der Waals surface area contributed by atoms with Crippen molar-refractivity contribution >= 4 is 6.21 Å². The molecule has 110 valence electrons. The number of aromatic nitrogens is 1. The van der Waals surface area contributed by atoms with Crippen molar-refractivity contribution in [3.63, 3.8) is 0 Å². The minimum absolute atomic E-state index is 0.657. The molecular weight excluding hydrogens is 272 g/mol. The molecule has 3 heteroatoms. The molecule has 3 nitrogen and oxygen atoms in total. The molecule has 0 aliphatic heterocycles. The quantitative estimate of drug-likeness (QED) is 0.650. The van der Waals surface area contributed by atoms with Crippen molar-refractivity contribution in [2.24, 2.45) is 4.99 Å². The molecule has 1 aromatic heterocycles. The topological polar surface area (TPSA) is 26.5 Å². The fraction of sp³-hybridized carbons (Fsp3) is 0.105. The van der Waals surface area contributed by atoms with Gasteiger partial charge in [-0.15, -0.1) is 0 Å². The van der Waals surface area contributed by atoms with E-state index in [1.54, 1.807) is 7.11 Å². The molecule has 0 saturated carbocycles. The summed E-state index contributed by atoms with van der Waals surface area (Å²) in [4.78, 5) is 4.54. The van der Waals surface area contributed by atoms with Crippen LogP contribution in [0.15, 0.2) is 77.9 Å². The van der Waals surface area contributed by atoms with Gasteiger partial charge >= 0.3 is 0 Å². The van der Waals surface area contributed by atoms with Gasteiger partial charge in [0.15, 0.2) is 0 Å². The number of methoxy groups -OCH3 is 1. The number of hydrogen-bond acceptors (Lipinski definition) is 2. The molecule has 0 amide bonds. The molecule has 0 spiro atoms. The summed E-state index contributed by atoms with van der Waals surface area (Å²) in [7, 11) is 1.67. The lowest BCUT2D eigenvalue weighted by Crippen LogP contribution is -1.97. The van der Waals surface area contributed by atoms with Crippen molar-refractivity contribution in [1.82, 2.24) is 4.57 Å². The van der Waals surface area contributed by atoms with Crippen molar-refractivity contribution in [2.45, 2.75) is 6.54 Å². The first-order valence-electron chi connectivity index (χ1n) is 7.22. The summed E-state index contributed by atoms with van der Waals surface area (Å²) in [6, 6.07) is 22.3. The number of hydrogen-bond donors (Lipinski definition) is 0. The first-order chi connectivity index (χ1) is 10.9. The maximum absolute atomic E-state index is 5.16. The Morgan fingerprint density at radius 2 is 1.73 bits per heavy atom. The first-order valence-corrected chi connectivity index (χ1v) is 7.22. The van der Waals surface area contributed by atoms with Crippen LogP contribution in [0.1, 0.15) is 11.3 Å². The molecule has 3 rings (SSSR count). The van der Waals surface area contributed by atoms with Gasteiger partial charge in [-0.3, -0.25) is 4.99 Å². The zero-order valence-corrected chi connectivity index (χ0v) is 12.5. The molecule has 0 unspecified atom stereocenters. The van der Waals surface area contributed by atoms with Crippen molar-refractivity contribution in [3.05, 3.63) is 84.2 Å². The Morgan fingerprint density at radius 1 is 0.955 bits per heavy atom. The van der Waals surface area contributed by atoms with Gasteiger partial charge < -0.3 is 9.30 Å². The lowest BCUT2D eigenvalue weighted by atomic mass is 10.2. The largest absolute Gasteiger partial charge is 0.497 e. The highest BCUT2D eigenvalue weighted by molar-refractivity contribution is 5.78. The van der Waals surface area contributed by atoms with Crippen LogP contribution in [-0.2, 0) is 6.54 Å². The first kappa shape index (κ1) is 14.1. The van der Waals surface area contributed by atoms with Gasteiger partial charge in [-0.05, 0) is 42.0 Å². The lowest BCUT2D eigenvalue weighted by molar-refractivity contribution is 0.414. The zero-order valence-electron chi connectivity index (χ0n) is 12.5. The molecular formula is C19H18N2O. The monoisotopic (exact) mass is 290 g/mol. The van der Waals surface area contributed by atoms with Crippen molar-refractivity contribution in [3.8, 4) is 11.4 Å². The van der Waals surface area contributed by atoms with Crippen LogP contribution in [0.5, 0.6) is 5.75 Å². The fourth-order valence-corrected chi connectivity index (χ4v) is 2.30. The van der Waals surface area contributed by atoms with Crippen LogP contribution in [-0.4, -0.2) is 17.9 Å². The lowest BCUT2D eigenvalue weighted by Gasteiger charge is -2.05. The van der Waals surface area contributed by atoms with Crippen LogP contribution in [0, 0.1) is 0 Å². The third-order valence-electron chi connectivity index (χ3n) is 3.47. The molecule has 0 aliphatic rings. The van der Waals surface area contributed by atoms with E-state index >= 15 is 0 Å². The fourth-order valence-electron chi connectivity index (χ4n) is 2.30. The summed E-state index contributed by atoms with van der Waals surface area (Å²) in [6.45, 7) is 0.657. The number of benzene rings is 2. The highest BCUT2D eigenvalue weighted by Crippen LogP contribution is 2.13. The summed E-state index contributed by atoms with van der Waals surface area (Å²) in [5.74, 6) is 0.866. The third-order valence-corrected chi connectivity index (χ3v) is 3.47. The van der Waals surface area contributed by atoms with E-state index in [9.17, 15) is 0 Å². The number of aliphatic imine (C=N–C) groups is 1. The molecule has 0 aliphatic carbocycles. The molecule has 0 atom stereocenters. The van der Waals surface area contributed by atoms with Crippen LogP contribution in [0.4, 0.5) is 0 Å². The Labute approximate surface area is 130 Å². The second-order valence-electron chi connectivity index (χ2n) is 4.96. The van der Waals surface area contributed by atoms with Gasteiger partial charge in [0, 0.05) is 18.1 Å². The summed E-state index contributed by atoms with van der Waals surface area (Å²) in [5.41, 5.74) is 3.37. The van der Waals surface area contributed by atoms with Crippen molar-refractivity contribution < 1.29 is 4.74 Å². The molecule has 0 radical (unpaired) electrons. The maximum Gasteiger partial charge on any atom is 0.118 e. The predicted octanol–water partition coefficient (Wildman–Crippen LogP) is 4.11. The van der Waals surface area contributed by atoms with Gasteiger partial charge in [-0.25, -0.2) is 0 Å². The Hall–Kier alpha value is -2.81. The molecule has 0 N–H and O–H groups in total. The van der Waals surface area contributed by atoms with Gasteiger partial charge in [0.2, 0.25) is 0 Å². The molecule has 22 heavy (non-hydrogen) atoms. The van der Waals surface area contributed by atoms with Crippen LogP contribution >= 0.6 is 0 Å². The van der Waals surface area contributed by atoms with E-state index < -0.39 is 0 Å². The van der Waals surface area contributed by atoms with E-state index in [-0.39, 0.29) is 0 Å². The van der Waals surface area contributed by atoms with Crippen molar-refractivity contribution in [1.29, 1.82) is 0 Å². The summed E-state index contributed by atoms with van der Waals surface area (Å²) >= 11 is 0. The van der Waals surface area contributed by atoms with Crippen LogP contribution in [0.2, 0.25) is 0 Å². The van der Waals surface area contributed by atoms with E-state index in [2.05, 4.69) is 27.8 Å². The predicted molar refractivity (Wildman–Crippen MR) is 90.1 cm³/mol. The smallest absolute Gasteiger partial charge is 0.118 e. The van der Waals surface area contributed by atoms with E-state index in [1.165, 1.54) is 0 Å². The van der Waals surface area contributed by atoms with Crippen LogP contribution < -0.4 is 4.74 Å². The van der Waals surface area contributed by atoms with E-state index in [4.69, 9.17) is 4.74 Å². The summed E-state index contributed by atoms with van der Waals surface area (Å²) in [6.07, 6.45) is 3.96. The van der Waals surface area contributed by atoms with Gasteiger partial charge in [0.05, 0.1) is 19.3 Å². The second-order valence-corrected chi connectivity index (χ2v) is 4.96. The number of ether oxygens (including phenoxy) is 1. The van der Waals surface area contributed by atoms with Crippen LogP contribution in [0.3, 0.4) is 0 Å². The molecule has 0 saturated heterocycles. The Morgan fingerprint density at radius 3 is 2.45 bits per heavy atom. The van der Waals surface area contributed by atoms with Gasteiger partial charge in [0.25, 0.3) is 0 Å². The minimum atomic E-state index is 0.657. The second kappa shape index (κ2) is 6.76. The Bertz CT molecular complexity index is 743. The van der Waals surface area contributed by atoms with E-state index in [0.717, 1.165) is 22.7 Å². The van der Waals surface area contributed by atoms with E-state index in [1.807, 2.05) is 60.9 Å². The maximum atomic E-state index is 5.16. The molecule has 0 fully saturated rings. The van der Waals surface area contributed by atoms with Crippen molar-refractivity contribution in [2.75, 3.05) is 7.11 Å². The molecule has 2 aromatic carbocycles. The average molecular weight is 290 g/mol. The number of rotatable bonds is 5. The highest BCUT2D eigenvalue weighted by atomic mass is 16.5. The highest BCUT2D eigenvalue weighted by Gasteiger charge is 2.00. The summed E-state index contributed by atoms with van der Waals surface area (Å²) < 4.78 is 7.28. The average Bonchev–Trinajstić information content (AvgIpc) is 3.05. The minimum Gasteiger partial charge on any atom is -0.497 e. The summed E-state index contributed by atoms with van der Waals surface area (Å²) in [5, 5.41) is 0. The van der Waals surface area contributed by atoms with Gasteiger partial charge in [-0.2, -0.15) is 0 Å². The third kappa shape index (κ3) is 3.26. The standard InChI is InChI=1S/C19H18N2O/c1-22-19-11-9-16(10-12-19)14-20-15-18-8-5-13-21(18)17-6-3-2-4-7-17/h2-13,15H,14H2,1H3. The van der Waals surface area contributed by atoms with Crippen LogP contribution in [0.25, 0.3) is 5.69 Å². The molecule has 3 aromatic rings. The normalized spacial score (nSPS) is 11.0. The number of nitrogens with zero attached hydrogens (tertiary/aromatic N) is 2.